The van der Waals surface area contributed by atoms with Crippen molar-refractivity contribution in [3.63, 3.8) is 0 Å². The topological polar surface area (TPSA) is 39.1 Å². The highest BCUT2D eigenvalue weighted by molar-refractivity contribution is 5.34. The van der Waals surface area contributed by atoms with Gasteiger partial charge in [-0.2, -0.15) is 5.10 Å². The lowest BCUT2D eigenvalue weighted by Gasteiger charge is -2.08. The molecule has 20 heavy (non-hydrogen) atoms. The summed E-state index contributed by atoms with van der Waals surface area (Å²) in [6, 6.07) is 2.54. The minimum atomic E-state index is -0.720. The van der Waals surface area contributed by atoms with Gasteiger partial charge in [-0.05, 0) is 31.2 Å². The van der Waals surface area contributed by atoms with Crippen molar-refractivity contribution in [1.29, 1.82) is 0 Å². The molecule has 0 saturated heterocycles. The number of halogens is 2. The first-order valence-electron chi connectivity index (χ1n) is 6.53. The van der Waals surface area contributed by atoms with E-state index >= 15 is 0 Å². The van der Waals surface area contributed by atoms with E-state index in [1.54, 1.807) is 10.9 Å². The van der Waals surface area contributed by atoms with E-state index in [1.807, 2.05) is 13.8 Å². The normalized spacial score (nSPS) is 10.8. The lowest BCUT2D eigenvalue weighted by molar-refractivity contribution is 0.405. The molecule has 2 aromatic rings. The maximum atomic E-state index is 13.9. The van der Waals surface area contributed by atoms with E-state index in [2.05, 4.69) is 10.4 Å². The van der Waals surface area contributed by atoms with Crippen LogP contribution in [0, 0.1) is 11.6 Å². The highest BCUT2D eigenvalue weighted by Crippen LogP contribution is 2.28. The number of rotatable bonds is 6. The third-order valence-electron chi connectivity index (χ3n) is 2.79. The predicted octanol–water partition coefficient (Wildman–Crippen LogP) is 3.08. The summed E-state index contributed by atoms with van der Waals surface area (Å²) in [6.45, 7) is 5.65. The van der Waals surface area contributed by atoms with Crippen LogP contribution in [0.2, 0.25) is 0 Å². The minimum absolute atomic E-state index is 0.309. The molecule has 0 spiro atoms. The van der Waals surface area contributed by atoms with E-state index < -0.39 is 17.4 Å². The minimum Gasteiger partial charge on any atom is -0.448 e. The van der Waals surface area contributed by atoms with Crippen LogP contribution in [0.1, 0.15) is 19.4 Å². The quantitative estimate of drug-likeness (QED) is 0.884. The van der Waals surface area contributed by atoms with Gasteiger partial charge in [-0.15, -0.1) is 0 Å². The molecular formula is C14H17F2N3O. The Morgan fingerprint density at radius 2 is 1.95 bits per heavy atom. The molecule has 0 atom stereocenters. The molecule has 6 heteroatoms. The second-order valence-corrected chi connectivity index (χ2v) is 4.30. The van der Waals surface area contributed by atoms with Gasteiger partial charge >= 0.3 is 0 Å². The fourth-order valence-corrected chi connectivity index (χ4v) is 1.77. The molecule has 0 amide bonds. The largest absolute Gasteiger partial charge is 0.448 e. The molecule has 0 fully saturated rings. The fourth-order valence-electron chi connectivity index (χ4n) is 1.77. The van der Waals surface area contributed by atoms with E-state index in [0.29, 0.717) is 24.4 Å². The third kappa shape index (κ3) is 3.33. The summed E-state index contributed by atoms with van der Waals surface area (Å²) >= 11 is 0. The van der Waals surface area contributed by atoms with Gasteiger partial charge in [0.2, 0.25) is 0 Å². The molecule has 0 aliphatic carbocycles. The molecule has 4 nitrogen and oxygen atoms in total. The first-order chi connectivity index (χ1) is 9.63. The van der Waals surface area contributed by atoms with Crippen LogP contribution in [0.4, 0.5) is 8.78 Å². The van der Waals surface area contributed by atoms with E-state index in [4.69, 9.17) is 4.74 Å². The second-order valence-electron chi connectivity index (χ2n) is 4.30. The molecule has 0 aliphatic heterocycles. The Hall–Kier alpha value is -1.95. The maximum absolute atomic E-state index is 13.9. The zero-order chi connectivity index (χ0) is 14.5. The summed E-state index contributed by atoms with van der Waals surface area (Å²) in [4.78, 5) is 0. The lowest BCUT2D eigenvalue weighted by Crippen LogP contribution is -2.12. The van der Waals surface area contributed by atoms with Crippen molar-refractivity contribution in [3.05, 3.63) is 41.7 Å². The summed E-state index contributed by atoms with van der Waals surface area (Å²) in [5.74, 6) is -1.53. The number of benzene rings is 1. The van der Waals surface area contributed by atoms with Crippen molar-refractivity contribution in [1.82, 2.24) is 15.1 Å². The van der Waals surface area contributed by atoms with Gasteiger partial charge in [-0.1, -0.05) is 6.92 Å². The van der Waals surface area contributed by atoms with Crippen molar-refractivity contribution in [3.8, 4) is 11.5 Å². The van der Waals surface area contributed by atoms with E-state index in [0.717, 1.165) is 6.54 Å². The Bertz CT molecular complexity index is 561. The van der Waals surface area contributed by atoms with Crippen LogP contribution in [0.3, 0.4) is 0 Å². The van der Waals surface area contributed by atoms with Crippen LogP contribution in [0.15, 0.2) is 24.5 Å². The Morgan fingerprint density at radius 3 is 2.50 bits per heavy atom. The van der Waals surface area contributed by atoms with Crippen molar-refractivity contribution >= 4 is 0 Å². The number of nitrogens with zero attached hydrogens (tertiary/aromatic N) is 2. The first-order valence-corrected chi connectivity index (χ1v) is 6.53. The molecule has 0 bridgehead atoms. The standard InChI is InChI=1S/C14H17F2N3O/c1-3-17-7-10-5-12(15)14(13(16)6-10)20-11-8-18-19(4-2)9-11/h5-6,8-9,17H,3-4,7H2,1-2H3. The molecule has 1 aromatic heterocycles. The SMILES string of the molecule is CCNCc1cc(F)c(Oc2cnn(CC)c2)c(F)c1. The Morgan fingerprint density at radius 1 is 1.25 bits per heavy atom. The Balaban J connectivity index is 2.19. The monoisotopic (exact) mass is 281 g/mol. The zero-order valence-corrected chi connectivity index (χ0v) is 11.5. The smallest absolute Gasteiger partial charge is 0.198 e. The highest BCUT2D eigenvalue weighted by atomic mass is 19.1. The summed E-state index contributed by atoms with van der Waals surface area (Å²) in [5.41, 5.74) is 0.540. The van der Waals surface area contributed by atoms with Gasteiger partial charge in [-0.25, -0.2) is 8.78 Å². The molecular weight excluding hydrogens is 264 g/mol. The van der Waals surface area contributed by atoms with Gasteiger partial charge in [0.05, 0.1) is 12.4 Å². The van der Waals surface area contributed by atoms with Gasteiger partial charge in [0.1, 0.15) is 0 Å². The molecule has 0 unspecified atom stereocenters. The average Bonchev–Trinajstić information content (AvgIpc) is 2.88. The lowest BCUT2D eigenvalue weighted by atomic mass is 10.2. The molecule has 108 valence electrons. The number of hydrogen-bond acceptors (Lipinski definition) is 3. The molecule has 0 radical (unpaired) electrons. The Kier molecular flexibility index (Phi) is 4.68. The maximum Gasteiger partial charge on any atom is 0.198 e. The van der Waals surface area contributed by atoms with Crippen molar-refractivity contribution < 1.29 is 13.5 Å². The summed E-state index contributed by atoms with van der Waals surface area (Å²) < 4.78 is 34.6. The summed E-state index contributed by atoms with van der Waals surface area (Å²) in [7, 11) is 0. The number of hydrogen-bond donors (Lipinski definition) is 1. The number of aryl methyl sites for hydroxylation is 1. The predicted molar refractivity (Wildman–Crippen MR) is 71.7 cm³/mol. The number of aromatic nitrogens is 2. The van der Waals surface area contributed by atoms with E-state index in [1.165, 1.54) is 18.3 Å². The average molecular weight is 281 g/mol. The molecule has 1 heterocycles. The summed E-state index contributed by atoms with van der Waals surface area (Å²) in [5, 5.41) is 7.00. The van der Waals surface area contributed by atoms with Crippen molar-refractivity contribution in [2.24, 2.45) is 0 Å². The van der Waals surface area contributed by atoms with Crippen LogP contribution < -0.4 is 10.1 Å². The number of ether oxygens (including phenoxy) is 1. The van der Waals surface area contributed by atoms with E-state index in [9.17, 15) is 8.78 Å². The van der Waals surface area contributed by atoms with E-state index in [-0.39, 0.29) is 0 Å². The zero-order valence-electron chi connectivity index (χ0n) is 11.5. The van der Waals surface area contributed by atoms with Crippen LogP contribution in [0.5, 0.6) is 11.5 Å². The first kappa shape index (κ1) is 14.5. The number of nitrogens with one attached hydrogen (secondary N) is 1. The van der Waals surface area contributed by atoms with Crippen LogP contribution in [-0.4, -0.2) is 16.3 Å². The van der Waals surface area contributed by atoms with Crippen LogP contribution >= 0.6 is 0 Å². The van der Waals surface area contributed by atoms with Crippen molar-refractivity contribution in [2.75, 3.05) is 6.54 Å². The second kappa shape index (κ2) is 6.47. The molecule has 0 aliphatic rings. The van der Waals surface area contributed by atoms with Crippen LogP contribution in [-0.2, 0) is 13.1 Å². The fraction of sp³-hybridized carbons (Fsp3) is 0.357. The van der Waals surface area contributed by atoms with Gasteiger partial charge in [-0.3, -0.25) is 4.68 Å². The molecule has 2 rings (SSSR count). The van der Waals surface area contributed by atoms with Gasteiger partial charge < -0.3 is 10.1 Å². The van der Waals surface area contributed by atoms with Crippen LogP contribution in [0.25, 0.3) is 0 Å². The van der Waals surface area contributed by atoms with Gasteiger partial charge in [0.15, 0.2) is 23.1 Å². The van der Waals surface area contributed by atoms with Crippen molar-refractivity contribution in [2.45, 2.75) is 26.9 Å². The van der Waals surface area contributed by atoms with Gasteiger partial charge in [0.25, 0.3) is 0 Å². The Labute approximate surface area is 116 Å². The molecule has 1 aromatic carbocycles. The highest BCUT2D eigenvalue weighted by Gasteiger charge is 2.14. The molecule has 1 N–H and O–H groups in total. The third-order valence-corrected chi connectivity index (χ3v) is 2.79. The van der Waals surface area contributed by atoms with Gasteiger partial charge in [0, 0.05) is 13.1 Å². The summed E-state index contributed by atoms with van der Waals surface area (Å²) in [6.07, 6.45) is 3.01. The molecule has 0 saturated carbocycles.